The summed E-state index contributed by atoms with van der Waals surface area (Å²) in [6, 6.07) is 0. The van der Waals surface area contributed by atoms with Crippen LogP contribution in [0.2, 0.25) is 0 Å². The Morgan fingerprint density at radius 2 is 1.88 bits per heavy atom. The molecule has 2 N–H and O–H groups in total. The highest BCUT2D eigenvalue weighted by molar-refractivity contribution is 5.78. The van der Waals surface area contributed by atoms with Gasteiger partial charge in [0.05, 0.1) is 12.6 Å². The normalized spacial score (nSPS) is 13.8. The van der Waals surface area contributed by atoms with E-state index in [1.54, 1.807) is 6.92 Å². The van der Waals surface area contributed by atoms with Gasteiger partial charge in [-0.05, 0) is 31.8 Å². The van der Waals surface area contributed by atoms with Gasteiger partial charge in [0.25, 0.3) is 0 Å². The van der Waals surface area contributed by atoms with E-state index in [9.17, 15) is 9.90 Å². The summed E-state index contributed by atoms with van der Waals surface area (Å²) in [6.07, 6.45) is 0.364. The molecule has 0 fully saturated rings. The molecule has 0 radical (unpaired) electrons. The monoisotopic (exact) mass is 244 g/mol. The summed E-state index contributed by atoms with van der Waals surface area (Å²) in [4.78, 5) is 13.8. The number of carbonyl (C=O) groups excluding carboxylic acids is 1. The van der Waals surface area contributed by atoms with E-state index in [4.69, 9.17) is 0 Å². The quantitative estimate of drug-likeness (QED) is 0.675. The van der Waals surface area contributed by atoms with Crippen LogP contribution in [0.25, 0.3) is 0 Å². The van der Waals surface area contributed by atoms with Gasteiger partial charge in [-0.15, -0.1) is 0 Å². The van der Waals surface area contributed by atoms with E-state index in [2.05, 4.69) is 24.1 Å². The Kier molecular flexibility index (Phi) is 7.39. The Bertz CT molecular complexity index is 223. The molecule has 0 aromatic rings. The van der Waals surface area contributed by atoms with Gasteiger partial charge in [0, 0.05) is 6.54 Å². The zero-order valence-electron chi connectivity index (χ0n) is 11.9. The molecule has 0 rings (SSSR count). The van der Waals surface area contributed by atoms with E-state index >= 15 is 0 Å². The van der Waals surface area contributed by atoms with Crippen molar-refractivity contribution in [1.29, 1.82) is 0 Å². The number of aliphatic hydroxyl groups is 1. The highest BCUT2D eigenvalue weighted by Crippen LogP contribution is 2.20. The number of nitrogens with zero attached hydrogens (tertiary/aromatic N) is 1. The number of likely N-dealkylation sites (N-methyl/N-ethyl adjacent to an activating group) is 1. The minimum atomic E-state index is -0.329. The largest absolute Gasteiger partial charge is 0.393 e. The second kappa shape index (κ2) is 7.67. The summed E-state index contributed by atoms with van der Waals surface area (Å²) >= 11 is 0. The number of carbonyl (C=O) groups is 1. The number of aliphatic hydroxyl groups excluding tert-OH is 1. The van der Waals surface area contributed by atoms with Crippen LogP contribution in [-0.2, 0) is 4.79 Å². The summed E-state index contributed by atoms with van der Waals surface area (Å²) in [7, 11) is 0. The Labute approximate surface area is 105 Å². The predicted molar refractivity (Wildman–Crippen MR) is 70.9 cm³/mol. The van der Waals surface area contributed by atoms with Crippen molar-refractivity contribution >= 4 is 5.91 Å². The third-order valence-corrected chi connectivity index (χ3v) is 2.87. The molecule has 0 aromatic carbocycles. The van der Waals surface area contributed by atoms with E-state index in [-0.39, 0.29) is 17.4 Å². The molecular weight excluding hydrogens is 216 g/mol. The molecule has 0 aliphatic heterocycles. The van der Waals surface area contributed by atoms with Crippen LogP contribution in [-0.4, -0.2) is 48.2 Å². The Morgan fingerprint density at radius 1 is 1.35 bits per heavy atom. The molecule has 1 atom stereocenters. The van der Waals surface area contributed by atoms with Crippen molar-refractivity contribution in [2.24, 2.45) is 5.41 Å². The van der Waals surface area contributed by atoms with Gasteiger partial charge in [-0.3, -0.25) is 9.69 Å². The number of rotatable bonds is 8. The van der Waals surface area contributed by atoms with Crippen molar-refractivity contribution in [3.05, 3.63) is 0 Å². The van der Waals surface area contributed by atoms with Gasteiger partial charge in [-0.1, -0.05) is 27.7 Å². The highest BCUT2D eigenvalue weighted by Gasteiger charge is 2.21. The fourth-order valence-corrected chi connectivity index (χ4v) is 1.92. The average Bonchev–Trinajstić information content (AvgIpc) is 2.21. The molecule has 1 unspecified atom stereocenters. The molecule has 17 heavy (non-hydrogen) atoms. The van der Waals surface area contributed by atoms with Crippen LogP contribution in [0.3, 0.4) is 0 Å². The molecule has 0 bridgehead atoms. The van der Waals surface area contributed by atoms with Gasteiger partial charge in [0.2, 0.25) is 5.91 Å². The standard InChI is InChI=1S/C13H28N2O2/c1-6-15(7-2)9-12(17)14-10-13(4,5)8-11(3)16/h11,16H,6-10H2,1-5H3,(H,14,17). The molecule has 0 aliphatic carbocycles. The lowest BCUT2D eigenvalue weighted by Crippen LogP contribution is -2.41. The Morgan fingerprint density at radius 3 is 2.29 bits per heavy atom. The van der Waals surface area contributed by atoms with Crippen LogP contribution in [0.1, 0.15) is 41.0 Å². The highest BCUT2D eigenvalue weighted by atomic mass is 16.3. The lowest BCUT2D eigenvalue weighted by atomic mass is 9.87. The van der Waals surface area contributed by atoms with Crippen molar-refractivity contribution in [2.45, 2.75) is 47.1 Å². The van der Waals surface area contributed by atoms with Gasteiger partial charge in [0.15, 0.2) is 0 Å². The maximum atomic E-state index is 11.7. The second-order valence-electron chi connectivity index (χ2n) is 5.46. The number of nitrogens with one attached hydrogen (secondary N) is 1. The number of hydrogen-bond acceptors (Lipinski definition) is 3. The third-order valence-electron chi connectivity index (χ3n) is 2.87. The number of hydrogen-bond donors (Lipinski definition) is 2. The third kappa shape index (κ3) is 8.16. The van der Waals surface area contributed by atoms with Crippen LogP contribution in [0, 0.1) is 5.41 Å². The van der Waals surface area contributed by atoms with E-state index in [1.807, 2.05) is 13.8 Å². The maximum absolute atomic E-state index is 11.7. The molecule has 0 aromatic heterocycles. The van der Waals surface area contributed by atoms with E-state index in [0.29, 0.717) is 19.5 Å². The van der Waals surface area contributed by atoms with E-state index < -0.39 is 0 Å². The molecule has 4 nitrogen and oxygen atoms in total. The van der Waals surface area contributed by atoms with Crippen LogP contribution in [0.15, 0.2) is 0 Å². The fraction of sp³-hybridized carbons (Fsp3) is 0.923. The van der Waals surface area contributed by atoms with Crippen LogP contribution in [0.5, 0.6) is 0 Å². The van der Waals surface area contributed by atoms with Crippen LogP contribution in [0.4, 0.5) is 0 Å². The lowest BCUT2D eigenvalue weighted by Gasteiger charge is -2.27. The van der Waals surface area contributed by atoms with Crippen molar-refractivity contribution in [1.82, 2.24) is 10.2 Å². The fourth-order valence-electron chi connectivity index (χ4n) is 1.92. The first kappa shape index (κ1) is 16.4. The molecular formula is C13H28N2O2. The Balaban J connectivity index is 3.98. The minimum absolute atomic E-state index is 0.0624. The lowest BCUT2D eigenvalue weighted by molar-refractivity contribution is -0.122. The second-order valence-corrected chi connectivity index (χ2v) is 5.46. The maximum Gasteiger partial charge on any atom is 0.234 e. The van der Waals surface area contributed by atoms with Crippen LogP contribution >= 0.6 is 0 Å². The summed E-state index contributed by atoms with van der Waals surface area (Å²) in [5, 5.41) is 12.3. The van der Waals surface area contributed by atoms with E-state index in [1.165, 1.54) is 0 Å². The van der Waals surface area contributed by atoms with Gasteiger partial charge >= 0.3 is 0 Å². The molecule has 1 amide bonds. The molecule has 102 valence electrons. The Hall–Kier alpha value is -0.610. The van der Waals surface area contributed by atoms with Crippen molar-refractivity contribution in [3.8, 4) is 0 Å². The summed E-state index contributed by atoms with van der Waals surface area (Å²) in [6.45, 7) is 12.8. The topological polar surface area (TPSA) is 52.6 Å². The van der Waals surface area contributed by atoms with Crippen molar-refractivity contribution in [2.75, 3.05) is 26.2 Å². The van der Waals surface area contributed by atoms with Gasteiger partial charge in [0.1, 0.15) is 0 Å². The number of amides is 1. The van der Waals surface area contributed by atoms with Crippen molar-refractivity contribution in [3.63, 3.8) is 0 Å². The molecule has 0 spiro atoms. The first-order valence-corrected chi connectivity index (χ1v) is 6.48. The van der Waals surface area contributed by atoms with Gasteiger partial charge < -0.3 is 10.4 Å². The van der Waals surface area contributed by atoms with Crippen LogP contribution < -0.4 is 5.32 Å². The van der Waals surface area contributed by atoms with E-state index in [0.717, 1.165) is 13.1 Å². The smallest absolute Gasteiger partial charge is 0.234 e. The molecule has 0 aliphatic rings. The van der Waals surface area contributed by atoms with Crippen molar-refractivity contribution < 1.29 is 9.90 Å². The summed E-state index contributed by atoms with van der Waals surface area (Å²) < 4.78 is 0. The first-order valence-electron chi connectivity index (χ1n) is 6.48. The molecule has 0 saturated carbocycles. The SMILES string of the molecule is CCN(CC)CC(=O)NCC(C)(C)CC(C)O. The summed E-state index contributed by atoms with van der Waals surface area (Å²) in [5.74, 6) is 0.0624. The molecule has 4 heteroatoms. The zero-order valence-corrected chi connectivity index (χ0v) is 11.9. The minimum Gasteiger partial charge on any atom is -0.393 e. The zero-order chi connectivity index (χ0) is 13.5. The molecule has 0 saturated heterocycles. The summed E-state index contributed by atoms with van der Waals surface area (Å²) in [5.41, 5.74) is -0.0624. The molecule has 0 heterocycles. The average molecular weight is 244 g/mol. The van der Waals surface area contributed by atoms with Gasteiger partial charge in [-0.25, -0.2) is 0 Å². The first-order chi connectivity index (χ1) is 7.80. The predicted octanol–water partition coefficient (Wildman–Crippen LogP) is 1.24. The van der Waals surface area contributed by atoms with Gasteiger partial charge in [-0.2, -0.15) is 0 Å².